The molecule has 3 rings (SSSR count). The summed E-state index contributed by atoms with van der Waals surface area (Å²) in [5.41, 5.74) is 0.421. The zero-order chi connectivity index (χ0) is 22.0. The molecule has 0 amide bonds. The number of fused-ring (bicyclic) bond motifs is 1. The Morgan fingerprint density at radius 2 is 1.66 bits per heavy atom. The average molecular weight is 405 g/mol. The van der Waals surface area contributed by atoms with Crippen molar-refractivity contribution in [3.05, 3.63) is 52.5 Å². The molecule has 0 radical (unpaired) electrons. The molecule has 0 unspecified atom stereocenters. The third-order valence-corrected chi connectivity index (χ3v) is 3.37. The Labute approximate surface area is 168 Å². The topological polar surface area (TPSA) is 96.6 Å². The second-order valence-corrected chi connectivity index (χ2v) is 4.85. The van der Waals surface area contributed by atoms with Crippen LogP contribution in [-0.2, 0) is 0 Å². The molecule has 2 heterocycles. The zero-order valence-corrected chi connectivity index (χ0v) is 17.2. The number of nitro groups is 1. The highest BCUT2D eigenvalue weighted by atomic mass is 19.1. The van der Waals surface area contributed by atoms with Crippen molar-refractivity contribution in [3.8, 4) is 23.1 Å². The van der Waals surface area contributed by atoms with Crippen LogP contribution in [0, 0.1) is 15.9 Å². The first-order valence-electron chi connectivity index (χ1n) is 9.03. The van der Waals surface area contributed by atoms with Gasteiger partial charge in [-0.05, 0) is 6.07 Å². The molecule has 2 aromatic heterocycles. The molecule has 3 aromatic rings. The number of hydrogen-bond donors (Lipinski definition) is 0. The van der Waals surface area contributed by atoms with E-state index >= 15 is 0 Å². The fourth-order valence-electron chi connectivity index (χ4n) is 2.19. The average Bonchev–Trinajstić information content (AvgIpc) is 2.77. The lowest BCUT2D eigenvalue weighted by Crippen LogP contribution is -1.97. The molecular weight excluding hydrogens is 381 g/mol. The Bertz CT molecular complexity index is 966. The standard InChI is InChI=1S/C16H12FN3O5.2C2H6/c1-23-14-8-11-15(19-16(14)24-2)13(5-6-18-11)25-12-4-3-9(20(21)22)7-10(12)17;2*1-2/h3-8H,1-2H3;2*1-2H3. The van der Waals surface area contributed by atoms with Gasteiger partial charge in [0.2, 0.25) is 0 Å². The lowest BCUT2D eigenvalue weighted by Gasteiger charge is -2.11. The number of non-ortho nitro benzene ring substituents is 1. The molecule has 0 bridgehead atoms. The molecule has 0 spiro atoms. The number of nitrogens with zero attached hydrogens (tertiary/aromatic N) is 3. The molecule has 0 N–H and O–H groups in total. The molecule has 9 heteroatoms. The van der Waals surface area contributed by atoms with Gasteiger partial charge in [-0.2, -0.15) is 0 Å². The van der Waals surface area contributed by atoms with Crippen LogP contribution in [-0.4, -0.2) is 29.1 Å². The van der Waals surface area contributed by atoms with E-state index in [-0.39, 0.29) is 23.1 Å². The number of benzene rings is 1. The van der Waals surface area contributed by atoms with E-state index in [0.717, 1.165) is 12.1 Å². The number of methoxy groups -OCH3 is 2. The first kappa shape index (κ1) is 23.5. The third kappa shape index (κ3) is 5.50. The van der Waals surface area contributed by atoms with Crippen LogP contribution in [0.15, 0.2) is 36.5 Å². The summed E-state index contributed by atoms with van der Waals surface area (Å²) in [6.45, 7) is 8.00. The van der Waals surface area contributed by atoms with Crippen molar-refractivity contribution in [2.75, 3.05) is 14.2 Å². The maximum Gasteiger partial charge on any atom is 0.272 e. The summed E-state index contributed by atoms with van der Waals surface area (Å²) >= 11 is 0. The Balaban J connectivity index is 0.000000989. The summed E-state index contributed by atoms with van der Waals surface area (Å²) in [4.78, 5) is 18.4. The number of rotatable bonds is 5. The van der Waals surface area contributed by atoms with Gasteiger partial charge in [-0.25, -0.2) is 9.37 Å². The highest BCUT2D eigenvalue weighted by molar-refractivity contribution is 5.83. The van der Waals surface area contributed by atoms with E-state index in [2.05, 4.69) is 9.97 Å². The van der Waals surface area contributed by atoms with Gasteiger partial charge < -0.3 is 14.2 Å². The Kier molecular flexibility index (Phi) is 9.24. The smallest absolute Gasteiger partial charge is 0.272 e. The molecule has 0 aliphatic carbocycles. The molecule has 0 aliphatic heterocycles. The third-order valence-electron chi connectivity index (χ3n) is 3.37. The SMILES string of the molecule is CC.CC.COc1cc2nccc(Oc3ccc([N+](=O)[O-])cc3F)c2nc1OC. The highest BCUT2D eigenvalue weighted by Gasteiger charge is 2.16. The van der Waals surface area contributed by atoms with Gasteiger partial charge in [-0.15, -0.1) is 0 Å². The van der Waals surface area contributed by atoms with Crippen LogP contribution < -0.4 is 14.2 Å². The van der Waals surface area contributed by atoms with Gasteiger partial charge in [0.05, 0.1) is 30.7 Å². The van der Waals surface area contributed by atoms with Crippen LogP contribution in [0.2, 0.25) is 0 Å². The first-order valence-corrected chi connectivity index (χ1v) is 9.03. The molecule has 156 valence electrons. The van der Waals surface area contributed by atoms with Crippen molar-refractivity contribution in [2.45, 2.75) is 27.7 Å². The minimum absolute atomic E-state index is 0.172. The number of nitro benzene ring substituents is 1. The maximum atomic E-state index is 14.1. The zero-order valence-electron chi connectivity index (χ0n) is 17.2. The van der Waals surface area contributed by atoms with E-state index in [1.54, 1.807) is 6.07 Å². The minimum atomic E-state index is -0.861. The van der Waals surface area contributed by atoms with Crippen molar-refractivity contribution in [1.29, 1.82) is 0 Å². The van der Waals surface area contributed by atoms with E-state index in [4.69, 9.17) is 14.2 Å². The van der Waals surface area contributed by atoms with Gasteiger partial charge in [-0.1, -0.05) is 27.7 Å². The lowest BCUT2D eigenvalue weighted by molar-refractivity contribution is -0.385. The van der Waals surface area contributed by atoms with Crippen LogP contribution in [0.25, 0.3) is 11.0 Å². The predicted molar refractivity (Wildman–Crippen MR) is 108 cm³/mol. The van der Waals surface area contributed by atoms with Crippen LogP contribution >= 0.6 is 0 Å². The molecule has 8 nitrogen and oxygen atoms in total. The molecule has 0 fully saturated rings. The van der Waals surface area contributed by atoms with Crippen molar-refractivity contribution in [2.24, 2.45) is 0 Å². The van der Waals surface area contributed by atoms with Gasteiger partial charge in [0.25, 0.3) is 11.6 Å². The lowest BCUT2D eigenvalue weighted by atomic mass is 10.2. The van der Waals surface area contributed by atoms with Gasteiger partial charge in [0.1, 0.15) is 5.52 Å². The maximum absolute atomic E-state index is 14.1. The Morgan fingerprint density at radius 3 is 2.21 bits per heavy atom. The van der Waals surface area contributed by atoms with Crippen LogP contribution in [0.4, 0.5) is 10.1 Å². The number of aromatic nitrogens is 2. The molecule has 0 saturated carbocycles. The summed E-state index contributed by atoms with van der Waals surface area (Å²) in [7, 11) is 2.90. The van der Waals surface area contributed by atoms with E-state index < -0.39 is 10.7 Å². The van der Waals surface area contributed by atoms with Crippen molar-refractivity contribution in [1.82, 2.24) is 9.97 Å². The number of pyridine rings is 2. The fraction of sp³-hybridized carbons (Fsp3) is 0.300. The van der Waals surface area contributed by atoms with Gasteiger partial charge in [0.15, 0.2) is 23.1 Å². The van der Waals surface area contributed by atoms with Crippen molar-refractivity contribution in [3.63, 3.8) is 0 Å². The molecule has 1 aromatic carbocycles. The Morgan fingerprint density at radius 1 is 0.966 bits per heavy atom. The molecular formula is C20H24FN3O5. The number of halogens is 1. The van der Waals surface area contributed by atoms with Crippen molar-refractivity contribution < 1.29 is 23.5 Å². The van der Waals surface area contributed by atoms with Gasteiger partial charge in [-0.3, -0.25) is 15.1 Å². The quantitative estimate of drug-likeness (QED) is 0.406. The van der Waals surface area contributed by atoms with E-state index in [1.165, 1.54) is 32.5 Å². The normalized spacial score (nSPS) is 9.48. The first-order chi connectivity index (χ1) is 14.0. The summed E-state index contributed by atoms with van der Waals surface area (Å²) in [6.07, 6.45) is 1.47. The van der Waals surface area contributed by atoms with Crippen molar-refractivity contribution >= 4 is 16.7 Å². The highest BCUT2D eigenvalue weighted by Crippen LogP contribution is 2.35. The number of hydrogen-bond acceptors (Lipinski definition) is 7. The second-order valence-electron chi connectivity index (χ2n) is 4.85. The second kappa shape index (κ2) is 11.4. The summed E-state index contributed by atoms with van der Waals surface area (Å²) in [6, 6.07) is 6.23. The molecule has 0 saturated heterocycles. The minimum Gasteiger partial charge on any atom is -0.491 e. The summed E-state index contributed by atoms with van der Waals surface area (Å²) < 4.78 is 29.9. The molecule has 29 heavy (non-hydrogen) atoms. The summed E-state index contributed by atoms with van der Waals surface area (Å²) in [5, 5.41) is 10.7. The van der Waals surface area contributed by atoms with Crippen LogP contribution in [0.5, 0.6) is 23.1 Å². The van der Waals surface area contributed by atoms with Crippen LogP contribution in [0.3, 0.4) is 0 Å². The van der Waals surface area contributed by atoms with E-state index in [0.29, 0.717) is 16.8 Å². The molecule has 0 aliphatic rings. The van der Waals surface area contributed by atoms with Crippen LogP contribution in [0.1, 0.15) is 27.7 Å². The largest absolute Gasteiger partial charge is 0.491 e. The van der Waals surface area contributed by atoms with Gasteiger partial charge in [0, 0.05) is 24.4 Å². The summed E-state index contributed by atoms with van der Waals surface area (Å²) in [5.74, 6) is -0.203. The van der Waals surface area contributed by atoms with E-state index in [9.17, 15) is 14.5 Å². The Hall–Kier alpha value is -3.49. The fourth-order valence-corrected chi connectivity index (χ4v) is 2.19. The molecule has 0 atom stereocenters. The monoisotopic (exact) mass is 405 g/mol. The van der Waals surface area contributed by atoms with Gasteiger partial charge >= 0.3 is 0 Å². The predicted octanol–water partition coefficient (Wildman–Crippen LogP) is 5.54. The number of ether oxygens (including phenoxy) is 3. The van der Waals surface area contributed by atoms with E-state index in [1.807, 2.05) is 27.7 Å².